The van der Waals surface area contributed by atoms with Gasteiger partial charge >= 0.3 is 30.1 Å². The monoisotopic (exact) mass is 824 g/mol. The van der Waals surface area contributed by atoms with Crippen molar-refractivity contribution in [3.8, 4) is 20.9 Å². The number of Topliss-reactive ketones (excluding diaryl/α,β-unsaturated/α-hetero) is 4. The fraction of sp³-hybridized carbons (Fsp3) is 0.297. The molecule has 0 aliphatic heterocycles. The lowest BCUT2D eigenvalue weighted by atomic mass is 9.89. The summed E-state index contributed by atoms with van der Waals surface area (Å²) in [6, 6.07) is 9.12. The highest BCUT2D eigenvalue weighted by molar-refractivity contribution is 7.16. The molecule has 18 heteroatoms. The van der Waals surface area contributed by atoms with Gasteiger partial charge in [0.1, 0.15) is 0 Å². The molecule has 0 bridgehead atoms. The van der Waals surface area contributed by atoms with Gasteiger partial charge in [0.2, 0.25) is 11.6 Å². The van der Waals surface area contributed by atoms with E-state index in [1.54, 1.807) is 0 Å². The van der Waals surface area contributed by atoms with Crippen molar-refractivity contribution in [1.29, 1.82) is 0 Å². The second-order valence-electron chi connectivity index (χ2n) is 12.6. The maximum Gasteiger partial charge on any atom is 0.450 e. The highest BCUT2D eigenvalue weighted by Crippen LogP contribution is 2.67. The van der Waals surface area contributed by atoms with Crippen LogP contribution in [0.5, 0.6) is 0 Å². The third-order valence-corrected chi connectivity index (χ3v) is 11.5. The van der Waals surface area contributed by atoms with Crippen LogP contribution in [0.2, 0.25) is 0 Å². The fourth-order valence-corrected chi connectivity index (χ4v) is 8.64. The zero-order chi connectivity index (χ0) is 41.4. The van der Waals surface area contributed by atoms with E-state index in [-0.39, 0.29) is 52.9 Å². The molecule has 0 saturated carbocycles. The number of thiophene rings is 2. The van der Waals surface area contributed by atoms with Gasteiger partial charge in [0.05, 0.1) is 12.8 Å². The number of aryl methyl sites for hydroxylation is 2. The van der Waals surface area contributed by atoms with Gasteiger partial charge in [-0.1, -0.05) is 48.5 Å². The number of allylic oxidation sites excluding steroid dienone is 2. The van der Waals surface area contributed by atoms with Gasteiger partial charge in [-0.25, -0.2) is 0 Å². The topological polar surface area (TPSA) is 68.3 Å². The first-order valence-electron chi connectivity index (χ1n) is 15.7. The maximum absolute atomic E-state index is 15.9. The number of rotatable bonds is 10. The zero-order valence-corrected chi connectivity index (χ0v) is 30.2. The summed E-state index contributed by atoms with van der Waals surface area (Å²) in [5.41, 5.74) is -4.96. The molecule has 2 heterocycles. The SMILES string of the molecule is Cc1sc(-c2ccc(C(=O)CC(=O)C(F)(F)F)cc2)c(C)c1C1=C(c2c(C)sc(-c3ccc(C(=O)CC(=O)C(F)(F)F)cc3)c2C)C(F)(F)C(F)(F)C1(F)F. The minimum Gasteiger partial charge on any atom is -0.294 e. The molecule has 0 atom stereocenters. The number of carbonyl (C=O) groups excluding carboxylic acids is 4. The number of alkyl halides is 12. The van der Waals surface area contributed by atoms with Gasteiger partial charge in [0.15, 0.2) is 11.6 Å². The van der Waals surface area contributed by atoms with Crippen LogP contribution >= 0.6 is 22.7 Å². The quantitative estimate of drug-likeness (QED) is 0.0907. The molecular weight excluding hydrogens is 801 g/mol. The molecule has 0 saturated heterocycles. The van der Waals surface area contributed by atoms with E-state index in [4.69, 9.17) is 0 Å². The van der Waals surface area contributed by atoms with E-state index >= 15 is 26.3 Å². The van der Waals surface area contributed by atoms with Gasteiger partial charge in [-0.3, -0.25) is 19.2 Å². The van der Waals surface area contributed by atoms with Gasteiger partial charge < -0.3 is 0 Å². The van der Waals surface area contributed by atoms with E-state index < -0.39 is 88.4 Å². The average molecular weight is 825 g/mol. The lowest BCUT2D eigenvalue weighted by Crippen LogP contribution is -2.49. The average Bonchev–Trinajstić information content (AvgIpc) is 3.57. The van der Waals surface area contributed by atoms with Crippen LogP contribution in [0.25, 0.3) is 32.0 Å². The molecule has 292 valence electrons. The molecular formula is C37H24F12O4S2. The maximum atomic E-state index is 15.9. The molecule has 0 fully saturated rings. The molecule has 0 unspecified atom stereocenters. The molecule has 2 aromatic heterocycles. The summed E-state index contributed by atoms with van der Waals surface area (Å²) in [4.78, 5) is 47.2. The Morgan fingerprint density at radius 1 is 0.527 bits per heavy atom. The Hall–Kier alpha value is -4.58. The van der Waals surface area contributed by atoms with Gasteiger partial charge in [-0.15, -0.1) is 22.7 Å². The predicted molar refractivity (Wildman–Crippen MR) is 180 cm³/mol. The van der Waals surface area contributed by atoms with E-state index in [1.165, 1.54) is 52.0 Å². The van der Waals surface area contributed by atoms with Crippen molar-refractivity contribution in [2.45, 2.75) is 70.7 Å². The van der Waals surface area contributed by atoms with E-state index in [2.05, 4.69) is 0 Å². The standard InChI is InChI=1S/C37H24F12O4S2/c1-15-27(17(3)54-31(15)21-9-5-19(6-10-21)23(50)13-25(52)35(42,43)44)29-30(34(40,41)37(48,49)33(29,38)39)28-16(2)32(55-18(28)4)22-11-7-20(8-12-22)24(51)14-26(53)36(45,46)47/h5-12H,13-14H2,1-4H3. The molecule has 2 aromatic carbocycles. The first kappa shape index (κ1) is 41.6. The Morgan fingerprint density at radius 2 is 0.818 bits per heavy atom. The van der Waals surface area contributed by atoms with Crippen LogP contribution in [0.4, 0.5) is 52.7 Å². The second kappa shape index (κ2) is 13.9. The van der Waals surface area contributed by atoms with Crippen LogP contribution in [0.15, 0.2) is 48.5 Å². The summed E-state index contributed by atoms with van der Waals surface area (Å²) in [6.07, 6.45) is -13.4. The molecule has 55 heavy (non-hydrogen) atoms. The highest BCUT2D eigenvalue weighted by atomic mass is 32.1. The summed E-state index contributed by atoms with van der Waals surface area (Å²) < 4.78 is 170. The molecule has 1 aliphatic rings. The zero-order valence-electron chi connectivity index (χ0n) is 28.5. The number of halogens is 12. The van der Waals surface area contributed by atoms with Crippen molar-refractivity contribution in [3.05, 3.63) is 91.7 Å². The number of ketones is 4. The number of benzene rings is 2. The van der Waals surface area contributed by atoms with Crippen molar-refractivity contribution in [1.82, 2.24) is 0 Å². The van der Waals surface area contributed by atoms with Crippen molar-refractivity contribution in [2.75, 3.05) is 0 Å². The van der Waals surface area contributed by atoms with Crippen LogP contribution in [-0.4, -0.2) is 53.3 Å². The van der Waals surface area contributed by atoms with E-state index in [9.17, 15) is 45.5 Å². The molecule has 5 rings (SSSR count). The Morgan fingerprint density at radius 3 is 1.09 bits per heavy atom. The van der Waals surface area contributed by atoms with Crippen molar-refractivity contribution in [2.24, 2.45) is 0 Å². The van der Waals surface area contributed by atoms with Crippen molar-refractivity contribution < 1.29 is 71.9 Å². The van der Waals surface area contributed by atoms with Crippen LogP contribution < -0.4 is 0 Å². The molecule has 4 aromatic rings. The molecule has 1 aliphatic carbocycles. The number of hydrogen-bond acceptors (Lipinski definition) is 6. The summed E-state index contributed by atoms with van der Waals surface area (Å²) in [7, 11) is 0. The minimum atomic E-state index is -5.92. The van der Waals surface area contributed by atoms with Crippen LogP contribution in [-0.2, 0) is 9.59 Å². The lowest BCUT2D eigenvalue weighted by Gasteiger charge is -2.26. The molecule has 4 nitrogen and oxygen atoms in total. The van der Waals surface area contributed by atoms with Gasteiger partial charge in [0.25, 0.3) is 0 Å². The van der Waals surface area contributed by atoms with Gasteiger partial charge in [-0.05, 0) is 49.9 Å². The third-order valence-electron chi connectivity index (χ3n) is 9.02. The van der Waals surface area contributed by atoms with Crippen LogP contribution in [0, 0.1) is 27.7 Å². The number of carbonyl (C=O) groups is 4. The minimum absolute atomic E-state index is 0.0703. The Bertz CT molecular complexity index is 2110. The summed E-state index contributed by atoms with van der Waals surface area (Å²) in [5, 5.41) is 0. The van der Waals surface area contributed by atoms with E-state index in [0.29, 0.717) is 0 Å². The normalized spacial score (nSPS) is 16.4. The second-order valence-corrected chi connectivity index (χ2v) is 15.1. The van der Waals surface area contributed by atoms with Crippen LogP contribution in [0.1, 0.15) is 65.6 Å². The third kappa shape index (κ3) is 7.06. The smallest absolute Gasteiger partial charge is 0.294 e. The molecule has 0 radical (unpaired) electrons. The summed E-state index contributed by atoms with van der Waals surface area (Å²) >= 11 is 1.55. The number of hydrogen-bond donors (Lipinski definition) is 0. The lowest BCUT2D eigenvalue weighted by molar-refractivity contribution is -0.254. The fourth-order valence-electron chi connectivity index (χ4n) is 6.29. The highest BCUT2D eigenvalue weighted by Gasteiger charge is 2.80. The van der Waals surface area contributed by atoms with Gasteiger partial charge in [-0.2, -0.15) is 52.7 Å². The Labute approximate surface area is 311 Å². The summed E-state index contributed by atoms with van der Waals surface area (Å²) in [5.74, 6) is -23.7. The van der Waals surface area contributed by atoms with Crippen molar-refractivity contribution in [3.63, 3.8) is 0 Å². The van der Waals surface area contributed by atoms with Crippen molar-refractivity contribution >= 4 is 57.0 Å². The molecule has 0 N–H and O–H groups in total. The van der Waals surface area contributed by atoms with E-state index in [1.807, 2.05) is 0 Å². The van der Waals surface area contributed by atoms with E-state index in [0.717, 1.165) is 46.9 Å². The summed E-state index contributed by atoms with van der Waals surface area (Å²) in [6.45, 7) is 4.95. The molecule has 0 spiro atoms. The Balaban J connectivity index is 1.61. The largest absolute Gasteiger partial charge is 0.450 e. The predicted octanol–water partition coefficient (Wildman–Crippen LogP) is 11.6. The first-order chi connectivity index (χ1) is 25.1. The van der Waals surface area contributed by atoms with Crippen LogP contribution in [0.3, 0.4) is 0 Å². The van der Waals surface area contributed by atoms with Gasteiger partial charge in [0, 0.05) is 52.9 Å². The molecule has 0 amide bonds. The first-order valence-corrected chi connectivity index (χ1v) is 17.3. The Kier molecular flexibility index (Phi) is 10.5.